The Hall–Kier alpha value is -4.37. The average Bonchev–Trinajstić information content (AvgIpc) is 3.72. The number of ketones is 2. The van der Waals surface area contributed by atoms with Crippen LogP contribution in [0.4, 0.5) is 4.79 Å². The highest BCUT2D eigenvalue weighted by molar-refractivity contribution is 8.15. The van der Waals surface area contributed by atoms with Gasteiger partial charge >= 0.3 is 12.1 Å². The highest BCUT2D eigenvalue weighted by atomic mass is 32.2. The van der Waals surface area contributed by atoms with Crippen molar-refractivity contribution in [1.29, 1.82) is 0 Å². The second-order valence-corrected chi connectivity index (χ2v) is 15.0. The van der Waals surface area contributed by atoms with Crippen molar-refractivity contribution in [2.75, 3.05) is 39.0 Å². The molecule has 50 heavy (non-hydrogen) atoms. The molecule has 3 amide bonds. The first-order chi connectivity index (χ1) is 23.5. The third-order valence-electron chi connectivity index (χ3n) is 8.74. The minimum atomic E-state index is -0.984. The van der Waals surface area contributed by atoms with E-state index in [0.29, 0.717) is 56.6 Å². The van der Waals surface area contributed by atoms with Crippen LogP contribution in [0.25, 0.3) is 10.2 Å². The number of hydrogen-bond acceptors (Lipinski definition) is 11. The summed E-state index contributed by atoms with van der Waals surface area (Å²) in [4.78, 5) is 88.0. The molecule has 15 heteroatoms. The van der Waals surface area contributed by atoms with Gasteiger partial charge < -0.3 is 25.0 Å². The Balaban J connectivity index is 1.44. The topological polar surface area (TPSA) is 176 Å². The van der Waals surface area contributed by atoms with Gasteiger partial charge in [0.05, 0.1) is 10.2 Å². The molecule has 1 aliphatic heterocycles. The molecule has 0 fully saturated rings. The van der Waals surface area contributed by atoms with Crippen molar-refractivity contribution < 1.29 is 38.6 Å². The number of Topliss-reactive ketones (excluding diaryl/α,β-unsaturated/α-hetero) is 2. The molecule has 4 rings (SSSR count). The Morgan fingerprint density at radius 2 is 1.74 bits per heavy atom. The lowest BCUT2D eigenvalue weighted by molar-refractivity contribution is -0.138. The summed E-state index contributed by atoms with van der Waals surface area (Å²) in [5.74, 6) is -1.19. The fourth-order valence-corrected chi connectivity index (χ4v) is 7.85. The Labute approximate surface area is 299 Å². The summed E-state index contributed by atoms with van der Waals surface area (Å²) < 4.78 is 6.48. The van der Waals surface area contributed by atoms with Crippen LogP contribution in [-0.4, -0.2) is 105 Å². The highest BCUT2D eigenvalue weighted by Gasteiger charge is 2.39. The molecule has 2 N–H and O–H groups in total. The number of amides is 3. The molecule has 0 radical (unpaired) electrons. The summed E-state index contributed by atoms with van der Waals surface area (Å²) in [7, 11) is 1.61. The van der Waals surface area contributed by atoms with Crippen LogP contribution in [0.2, 0.25) is 0 Å². The molecule has 1 atom stereocenters. The zero-order chi connectivity index (χ0) is 36.9. The van der Waals surface area contributed by atoms with Gasteiger partial charge in [0.1, 0.15) is 15.8 Å². The number of nitrogens with one attached hydrogen (secondary N) is 1. The molecule has 268 valence electrons. The molecule has 1 aromatic heterocycles. The van der Waals surface area contributed by atoms with Crippen LogP contribution < -0.4 is 10.1 Å². The molecule has 0 spiro atoms. The summed E-state index contributed by atoms with van der Waals surface area (Å²) in [5.41, 5.74) is 1.24. The van der Waals surface area contributed by atoms with Crippen LogP contribution in [0.5, 0.6) is 5.75 Å². The maximum atomic E-state index is 13.5. The molecular weight excluding hydrogens is 683 g/mol. The molecule has 1 aliphatic carbocycles. The highest BCUT2D eigenvalue weighted by Crippen LogP contribution is 2.39. The first-order valence-corrected chi connectivity index (χ1v) is 18.1. The van der Waals surface area contributed by atoms with E-state index >= 15 is 0 Å². The van der Waals surface area contributed by atoms with E-state index in [4.69, 9.17) is 4.74 Å². The molecule has 0 saturated heterocycles. The molecule has 1 unspecified atom stereocenters. The molecule has 2 aromatic rings. The predicted molar refractivity (Wildman–Crippen MR) is 193 cm³/mol. The number of benzene rings is 1. The van der Waals surface area contributed by atoms with Gasteiger partial charge in [-0.2, -0.15) is 0 Å². The number of nitrogens with zero attached hydrogens (tertiary/aromatic N) is 4. The number of carbonyl (C=O) groups excluding carboxylic acids is 5. The van der Waals surface area contributed by atoms with E-state index in [1.54, 1.807) is 59.9 Å². The van der Waals surface area contributed by atoms with Crippen LogP contribution in [0, 0.1) is 5.41 Å². The molecule has 2 aliphatic rings. The smallest absolute Gasteiger partial charge is 0.415 e. The maximum absolute atomic E-state index is 13.5. The van der Waals surface area contributed by atoms with Gasteiger partial charge in [-0.25, -0.2) is 14.6 Å². The van der Waals surface area contributed by atoms with Gasteiger partial charge in [0.15, 0.2) is 17.6 Å². The Kier molecular flexibility index (Phi) is 12.4. The number of aliphatic carboxylic acids is 1. The van der Waals surface area contributed by atoms with Crippen molar-refractivity contribution in [2.45, 2.75) is 66.8 Å². The minimum Gasteiger partial charge on any atom is -0.480 e. The fraction of sp³-hybridized carbons (Fsp3) is 0.486. The van der Waals surface area contributed by atoms with Crippen molar-refractivity contribution in [3.63, 3.8) is 0 Å². The van der Waals surface area contributed by atoms with E-state index in [0.717, 1.165) is 4.70 Å². The van der Waals surface area contributed by atoms with Crippen molar-refractivity contribution in [3.8, 4) is 5.75 Å². The lowest BCUT2D eigenvalue weighted by Crippen LogP contribution is -2.42. The first kappa shape index (κ1) is 38.4. The van der Waals surface area contributed by atoms with Crippen LogP contribution in [-0.2, 0) is 24.0 Å². The van der Waals surface area contributed by atoms with Gasteiger partial charge in [-0.3, -0.25) is 24.2 Å². The number of thioether (sulfide) groups is 1. The van der Waals surface area contributed by atoms with E-state index < -0.39 is 23.5 Å². The third-order valence-corrected chi connectivity index (χ3v) is 10.9. The number of carboxylic acids is 1. The number of carboxylic acid groups (broad SMARTS) is 1. The summed E-state index contributed by atoms with van der Waals surface area (Å²) in [6, 6.07) is 4.20. The standard InChI is InChI=1S/C35H43N5O8S2/c1-8-36-26(41)10-9-13-40(15-14-39(7)27(42)17-35(5,6)28-21(4)29(43)19(2)20(3)30(28)44)34(47)48-22-11-12-23-25(16-22)50-32(37-23)31-38-24(18-49-31)33(45)46/h11-12,16,24H,8-10,13-15,17-18H2,1-7H3,(H,36,41)(H,45,46). The van der Waals surface area contributed by atoms with E-state index in [2.05, 4.69) is 15.3 Å². The number of aliphatic imine (C=N–C) groups is 1. The van der Waals surface area contributed by atoms with Crippen LogP contribution >= 0.6 is 23.1 Å². The zero-order valence-electron chi connectivity index (χ0n) is 29.4. The number of aromatic nitrogens is 1. The fourth-order valence-electron chi connectivity index (χ4n) is 5.76. The SMILES string of the molecule is CCNC(=O)CCCN(CCN(C)C(=O)CC(C)(C)C1=C(C)C(=O)C(C)=C(C)C1=O)C(=O)Oc1ccc2nc(C3=NC(C(=O)O)CS3)sc2c1. The Morgan fingerprint density at radius 3 is 2.40 bits per heavy atom. The maximum Gasteiger partial charge on any atom is 0.415 e. The van der Waals surface area contributed by atoms with Gasteiger partial charge in [0.25, 0.3) is 0 Å². The van der Waals surface area contributed by atoms with E-state index in [-0.39, 0.29) is 61.6 Å². The van der Waals surface area contributed by atoms with Crippen LogP contribution in [0.3, 0.4) is 0 Å². The van der Waals surface area contributed by atoms with E-state index in [1.165, 1.54) is 32.9 Å². The van der Waals surface area contributed by atoms with E-state index in [1.807, 2.05) is 6.92 Å². The normalized spacial score (nSPS) is 16.5. The second kappa shape index (κ2) is 16.1. The van der Waals surface area contributed by atoms with E-state index in [9.17, 15) is 33.9 Å². The number of hydrogen-bond donors (Lipinski definition) is 2. The number of carbonyl (C=O) groups is 6. The summed E-state index contributed by atoms with van der Waals surface area (Å²) in [6.45, 7) is 11.2. The quantitative estimate of drug-likeness (QED) is 0.261. The lowest BCUT2D eigenvalue weighted by Gasteiger charge is -2.33. The number of allylic oxidation sites excluding steroid dienone is 4. The van der Waals surface area contributed by atoms with Crippen molar-refractivity contribution >= 4 is 73.8 Å². The second-order valence-electron chi connectivity index (χ2n) is 12.9. The number of fused-ring (bicyclic) bond motifs is 1. The van der Waals surface area contributed by atoms with Crippen molar-refractivity contribution in [2.24, 2.45) is 10.4 Å². The number of ether oxygens (including phenoxy) is 1. The van der Waals surface area contributed by atoms with Gasteiger partial charge in [-0.05, 0) is 46.2 Å². The Morgan fingerprint density at radius 1 is 1.04 bits per heavy atom. The monoisotopic (exact) mass is 725 g/mol. The van der Waals surface area contributed by atoms with Gasteiger partial charge in [0.2, 0.25) is 11.8 Å². The molecule has 1 aromatic carbocycles. The summed E-state index contributed by atoms with van der Waals surface area (Å²) in [6.07, 6.45) is -0.108. The minimum absolute atomic E-state index is 0.0259. The van der Waals surface area contributed by atoms with Crippen molar-refractivity contribution in [3.05, 3.63) is 45.5 Å². The summed E-state index contributed by atoms with van der Waals surface area (Å²) >= 11 is 2.65. The third kappa shape index (κ3) is 8.85. The van der Waals surface area contributed by atoms with Gasteiger partial charge in [-0.1, -0.05) is 13.8 Å². The van der Waals surface area contributed by atoms with Crippen molar-refractivity contribution in [1.82, 2.24) is 20.1 Å². The molecule has 2 heterocycles. The molecule has 13 nitrogen and oxygen atoms in total. The molecule has 0 bridgehead atoms. The van der Waals surface area contributed by atoms with Crippen LogP contribution in [0.15, 0.2) is 45.5 Å². The van der Waals surface area contributed by atoms with Crippen LogP contribution in [0.1, 0.15) is 65.8 Å². The predicted octanol–water partition coefficient (Wildman–Crippen LogP) is 4.64. The number of likely N-dealkylation sites (N-methyl/N-ethyl adjacent to an activating group) is 1. The first-order valence-electron chi connectivity index (χ1n) is 16.3. The average molecular weight is 726 g/mol. The number of thiazole rings is 1. The summed E-state index contributed by atoms with van der Waals surface area (Å²) in [5, 5.41) is 13.2. The largest absolute Gasteiger partial charge is 0.480 e. The van der Waals surface area contributed by atoms with Gasteiger partial charge in [-0.15, -0.1) is 23.1 Å². The van der Waals surface area contributed by atoms with Gasteiger partial charge in [0, 0.05) is 85.6 Å². The zero-order valence-corrected chi connectivity index (χ0v) is 31.0. The lowest BCUT2D eigenvalue weighted by atomic mass is 9.71. The molecular formula is C35H43N5O8S2. The molecule has 0 saturated carbocycles. The number of rotatable bonds is 14. The Bertz CT molecular complexity index is 1830.